The number of hydrogen-bond acceptors (Lipinski definition) is 3. The number of phenolic OH excluding ortho intramolecular Hbond substituents is 2. The number of para-hydroxylation sites is 1. The Morgan fingerprint density at radius 1 is 0.857 bits per heavy atom. The highest BCUT2D eigenvalue weighted by Crippen LogP contribution is 2.35. The lowest BCUT2D eigenvalue weighted by molar-refractivity contribution is 0.475. The van der Waals surface area contributed by atoms with E-state index in [4.69, 9.17) is 5.11 Å². The highest BCUT2D eigenvalue weighted by atomic mass is 79.9. The van der Waals surface area contributed by atoms with Crippen LogP contribution < -0.4 is 0 Å². The van der Waals surface area contributed by atoms with Crippen LogP contribution in [0, 0.1) is 0 Å². The zero-order valence-electron chi connectivity index (χ0n) is 10.9. The van der Waals surface area contributed by atoms with Gasteiger partial charge in [0.05, 0.1) is 4.47 Å². The largest absolute Gasteiger partial charge is 0.508 e. The molecule has 1 heterocycles. The maximum Gasteiger partial charge on any atom is 0.156 e. The van der Waals surface area contributed by atoms with Crippen molar-refractivity contribution in [2.75, 3.05) is 0 Å². The predicted molar refractivity (Wildman–Crippen MR) is 92.7 cm³/mol. The molecule has 3 radical (unpaired) electrons. The summed E-state index contributed by atoms with van der Waals surface area (Å²) in [6.07, 6.45) is 1.65. The number of aromatic hydroxyl groups is 2. The number of hydrogen-bond donors (Lipinski definition) is 2. The number of nitrogens with zero attached hydrogens (tertiary/aromatic N) is 1. The van der Waals surface area contributed by atoms with Crippen molar-refractivity contribution >= 4 is 60.1 Å². The molecule has 6 heteroatoms. The zero-order valence-corrected chi connectivity index (χ0v) is 15.2. The predicted octanol–water partition coefficient (Wildman–Crippen LogP) is 4.48. The van der Waals surface area contributed by atoms with Crippen LogP contribution in [0.15, 0.2) is 63.7 Å². The maximum atomic E-state index is 9.65. The van der Waals surface area contributed by atoms with Gasteiger partial charge in [-0.2, -0.15) is 0 Å². The Bertz CT molecular complexity index is 723. The molecule has 0 fully saturated rings. The molecule has 0 unspecified atom stereocenters. The van der Waals surface area contributed by atoms with E-state index in [0.717, 1.165) is 9.86 Å². The Balaban J connectivity index is 0.000000236. The van der Waals surface area contributed by atoms with Crippen molar-refractivity contribution in [3.63, 3.8) is 0 Å². The number of fused-ring (bicyclic) bond motifs is 1. The summed E-state index contributed by atoms with van der Waals surface area (Å²) in [6, 6.07) is 14.3. The summed E-state index contributed by atoms with van der Waals surface area (Å²) in [5, 5.41) is 19.2. The van der Waals surface area contributed by atoms with Crippen molar-refractivity contribution in [2.45, 2.75) is 0 Å². The molecule has 0 amide bonds. The zero-order chi connectivity index (χ0) is 14.5. The lowest BCUT2D eigenvalue weighted by Gasteiger charge is -2.03. The molecular weight excluding hydrogens is 413 g/mol. The fourth-order valence-electron chi connectivity index (χ4n) is 1.59. The van der Waals surface area contributed by atoms with E-state index in [9.17, 15) is 5.11 Å². The summed E-state index contributed by atoms with van der Waals surface area (Å²) >= 11 is 6.65. The second-order valence-electron chi connectivity index (χ2n) is 3.92. The highest BCUT2D eigenvalue weighted by molar-refractivity contribution is 9.11. The van der Waals surface area contributed by atoms with E-state index in [2.05, 4.69) is 36.8 Å². The van der Waals surface area contributed by atoms with Gasteiger partial charge < -0.3 is 10.2 Å². The van der Waals surface area contributed by atoms with Gasteiger partial charge in [0.15, 0.2) is 5.75 Å². The molecule has 3 rings (SSSR count). The molecule has 0 bridgehead atoms. The van der Waals surface area contributed by atoms with Crippen LogP contribution in [0.25, 0.3) is 10.9 Å². The first-order valence-corrected chi connectivity index (χ1v) is 7.34. The molecule has 0 aliphatic rings. The van der Waals surface area contributed by atoms with Gasteiger partial charge in [0.2, 0.25) is 0 Å². The first kappa shape index (κ1) is 18.0. The van der Waals surface area contributed by atoms with Crippen LogP contribution >= 0.6 is 31.9 Å². The van der Waals surface area contributed by atoms with E-state index in [-0.39, 0.29) is 23.1 Å². The van der Waals surface area contributed by atoms with E-state index in [1.165, 1.54) is 0 Å². The lowest BCUT2D eigenvalue weighted by Crippen LogP contribution is -1.81. The molecule has 1 aromatic heterocycles. The minimum atomic E-state index is 0. The first-order chi connectivity index (χ1) is 9.59. The van der Waals surface area contributed by atoms with Crippen molar-refractivity contribution in [3.8, 4) is 11.5 Å². The summed E-state index contributed by atoms with van der Waals surface area (Å²) in [4.78, 5) is 4.09. The molecule has 0 saturated carbocycles. The Hall–Kier alpha value is -1.06. The van der Waals surface area contributed by atoms with Crippen molar-refractivity contribution in [1.82, 2.24) is 4.98 Å². The van der Waals surface area contributed by atoms with Crippen LogP contribution in [-0.4, -0.2) is 32.6 Å². The standard InChI is InChI=1S/C9H5Br2NO.C6H6O.Al/c10-6-4-7(11)9(13)8-5(6)2-1-3-12-8;7-6-4-2-1-3-5-6;/h1-4,13H;1-5,7H;. The number of aromatic nitrogens is 1. The van der Waals surface area contributed by atoms with Gasteiger partial charge in [0.1, 0.15) is 11.3 Å². The molecular formula is C15H11AlBr2NO2. The molecule has 0 aliphatic carbocycles. The summed E-state index contributed by atoms with van der Waals surface area (Å²) in [6.45, 7) is 0. The van der Waals surface area contributed by atoms with Crippen molar-refractivity contribution in [2.24, 2.45) is 0 Å². The molecule has 0 aliphatic heterocycles. The third kappa shape index (κ3) is 4.72. The molecule has 0 saturated heterocycles. The Morgan fingerprint density at radius 2 is 1.52 bits per heavy atom. The number of rotatable bonds is 0. The second kappa shape index (κ2) is 8.40. The number of benzene rings is 2. The average molecular weight is 424 g/mol. The quantitative estimate of drug-likeness (QED) is 0.524. The Morgan fingerprint density at radius 3 is 2.10 bits per heavy atom. The molecule has 0 spiro atoms. The molecule has 105 valence electrons. The molecule has 0 atom stereocenters. The summed E-state index contributed by atoms with van der Waals surface area (Å²) < 4.78 is 1.56. The topological polar surface area (TPSA) is 53.4 Å². The maximum absolute atomic E-state index is 9.65. The van der Waals surface area contributed by atoms with E-state index in [1.54, 1.807) is 36.5 Å². The summed E-state index contributed by atoms with van der Waals surface area (Å²) in [5.74, 6) is 0.501. The molecule has 2 aromatic carbocycles. The van der Waals surface area contributed by atoms with Gasteiger partial charge in [0.25, 0.3) is 0 Å². The average Bonchev–Trinajstić information content (AvgIpc) is 2.46. The molecule has 2 N–H and O–H groups in total. The second-order valence-corrected chi connectivity index (χ2v) is 5.63. The third-order valence-electron chi connectivity index (χ3n) is 2.53. The lowest BCUT2D eigenvalue weighted by atomic mass is 10.2. The van der Waals surface area contributed by atoms with Gasteiger partial charge in [-0.15, -0.1) is 0 Å². The van der Waals surface area contributed by atoms with E-state index < -0.39 is 0 Å². The minimum absolute atomic E-state index is 0. The van der Waals surface area contributed by atoms with Gasteiger partial charge in [-0.05, 0) is 40.2 Å². The van der Waals surface area contributed by atoms with Gasteiger partial charge >= 0.3 is 0 Å². The smallest absolute Gasteiger partial charge is 0.156 e. The SMILES string of the molecule is Oc1c(Br)cc(Br)c2cccnc12.Oc1ccccc1.[Al]. The van der Waals surface area contributed by atoms with Gasteiger partial charge in [0, 0.05) is 33.4 Å². The van der Waals surface area contributed by atoms with E-state index in [1.807, 2.05) is 18.2 Å². The van der Waals surface area contributed by atoms with Crippen LogP contribution in [-0.2, 0) is 0 Å². The summed E-state index contributed by atoms with van der Waals surface area (Å²) in [7, 11) is 0. The van der Waals surface area contributed by atoms with Crippen molar-refractivity contribution < 1.29 is 10.2 Å². The van der Waals surface area contributed by atoms with Crippen molar-refractivity contribution in [1.29, 1.82) is 0 Å². The normalized spacial score (nSPS) is 9.43. The molecule has 3 nitrogen and oxygen atoms in total. The van der Waals surface area contributed by atoms with Crippen molar-refractivity contribution in [3.05, 3.63) is 63.7 Å². The van der Waals surface area contributed by atoms with Crippen LogP contribution in [0.3, 0.4) is 0 Å². The van der Waals surface area contributed by atoms with Crippen LogP contribution in [0.2, 0.25) is 0 Å². The number of phenols is 2. The van der Waals surface area contributed by atoms with Crippen LogP contribution in [0.5, 0.6) is 11.5 Å². The highest BCUT2D eigenvalue weighted by Gasteiger charge is 2.08. The van der Waals surface area contributed by atoms with Crippen LogP contribution in [0.1, 0.15) is 0 Å². The van der Waals surface area contributed by atoms with E-state index >= 15 is 0 Å². The van der Waals surface area contributed by atoms with Gasteiger partial charge in [-0.3, -0.25) is 4.98 Å². The van der Waals surface area contributed by atoms with Gasteiger partial charge in [-0.1, -0.05) is 40.2 Å². The molecule has 21 heavy (non-hydrogen) atoms. The fraction of sp³-hybridized carbons (Fsp3) is 0. The number of halogens is 2. The number of pyridine rings is 1. The van der Waals surface area contributed by atoms with Crippen LogP contribution in [0.4, 0.5) is 0 Å². The Labute approximate surface area is 150 Å². The fourth-order valence-corrected chi connectivity index (χ4v) is 2.86. The summed E-state index contributed by atoms with van der Waals surface area (Å²) in [5.41, 5.74) is 0.601. The first-order valence-electron chi connectivity index (χ1n) is 5.75. The molecule has 3 aromatic rings. The van der Waals surface area contributed by atoms with Gasteiger partial charge in [-0.25, -0.2) is 0 Å². The monoisotopic (exact) mass is 422 g/mol. The Kier molecular flexibility index (Phi) is 7.20. The minimum Gasteiger partial charge on any atom is -0.508 e. The van der Waals surface area contributed by atoms with E-state index in [0.29, 0.717) is 15.7 Å². The third-order valence-corrected chi connectivity index (χ3v) is 3.79.